The SMILES string of the molecule is C[Si](C)(C)[SiH2]N=[N+]=[N-]. The van der Waals surface area contributed by atoms with Gasteiger partial charge in [-0.15, -0.1) is 4.78 Å². The Morgan fingerprint density at radius 3 is 2.12 bits per heavy atom. The minimum atomic E-state index is -0.960. The van der Waals surface area contributed by atoms with Crippen LogP contribution >= 0.6 is 0 Å². The first kappa shape index (κ1) is 7.74. The summed E-state index contributed by atoms with van der Waals surface area (Å²) in [7, 11) is -1.36. The summed E-state index contributed by atoms with van der Waals surface area (Å²) in [5.74, 6) is 0. The molecular weight excluding hydrogens is 134 g/mol. The van der Waals surface area contributed by atoms with E-state index in [-0.39, 0.29) is 0 Å². The maximum Gasteiger partial charge on any atom is 0.117 e. The second-order valence-corrected chi connectivity index (χ2v) is 16.0. The van der Waals surface area contributed by atoms with Crippen LogP contribution in [0.1, 0.15) is 0 Å². The first-order valence-corrected chi connectivity index (χ1v) is 9.03. The van der Waals surface area contributed by atoms with Gasteiger partial charge in [-0.25, -0.2) is 0 Å². The number of rotatable bonds is 2. The van der Waals surface area contributed by atoms with Crippen LogP contribution in [-0.4, -0.2) is 16.8 Å². The Hall–Kier alpha value is -0.256. The molecule has 0 atom stereocenters. The molecule has 0 aromatic carbocycles. The van der Waals surface area contributed by atoms with Crippen LogP contribution < -0.4 is 0 Å². The predicted octanol–water partition coefficient (Wildman–Crippen LogP) is 1.22. The third kappa shape index (κ3) is 5.74. The first-order valence-electron chi connectivity index (χ1n) is 2.57. The lowest BCUT2D eigenvalue weighted by molar-refractivity contribution is 1.72. The molecule has 0 bridgehead atoms. The zero-order chi connectivity index (χ0) is 6.62. The van der Waals surface area contributed by atoms with Gasteiger partial charge in [0.25, 0.3) is 0 Å². The normalized spacial score (nSPS) is 11.9. The Morgan fingerprint density at radius 1 is 1.50 bits per heavy atom. The zero-order valence-corrected chi connectivity index (χ0v) is 7.96. The first-order chi connectivity index (χ1) is 3.56. The van der Waals surface area contributed by atoms with Crippen LogP contribution in [0.15, 0.2) is 4.78 Å². The van der Waals surface area contributed by atoms with E-state index < -0.39 is 16.8 Å². The average molecular weight is 145 g/mol. The van der Waals surface area contributed by atoms with Crippen LogP contribution in [0, 0.1) is 0 Å². The molecule has 0 spiro atoms. The van der Waals surface area contributed by atoms with Crippen molar-refractivity contribution < 1.29 is 0 Å². The predicted molar refractivity (Wildman–Crippen MR) is 41.0 cm³/mol. The lowest BCUT2D eigenvalue weighted by Gasteiger charge is -2.08. The van der Waals surface area contributed by atoms with Crippen molar-refractivity contribution in [3.05, 3.63) is 10.4 Å². The molecule has 0 aromatic rings. The van der Waals surface area contributed by atoms with Crippen molar-refractivity contribution in [1.82, 2.24) is 0 Å². The van der Waals surface area contributed by atoms with Gasteiger partial charge in [0.2, 0.25) is 0 Å². The van der Waals surface area contributed by atoms with E-state index in [2.05, 4.69) is 29.3 Å². The maximum absolute atomic E-state index is 7.94. The van der Waals surface area contributed by atoms with Crippen LogP contribution in [0.5, 0.6) is 0 Å². The quantitative estimate of drug-likeness (QED) is 0.243. The summed E-state index contributed by atoms with van der Waals surface area (Å²) in [6.07, 6.45) is 0. The summed E-state index contributed by atoms with van der Waals surface area (Å²) in [6, 6.07) is 0. The fourth-order valence-corrected chi connectivity index (χ4v) is 2.19. The largest absolute Gasteiger partial charge is 0.135 e. The summed E-state index contributed by atoms with van der Waals surface area (Å²) < 4.78 is 3.62. The third-order valence-electron chi connectivity index (χ3n) is 0.608. The third-order valence-corrected chi connectivity index (χ3v) is 5.10. The molecule has 0 radical (unpaired) electrons. The molecule has 0 amide bonds. The van der Waals surface area contributed by atoms with Crippen LogP contribution in [0.25, 0.3) is 10.4 Å². The molecule has 8 heavy (non-hydrogen) atoms. The van der Waals surface area contributed by atoms with Gasteiger partial charge in [0.05, 0.1) is 0 Å². The monoisotopic (exact) mass is 145 g/mol. The number of nitrogens with zero attached hydrogens (tertiary/aromatic N) is 3. The van der Waals surface area contributed by atoms with E-state index in [1.165, 1.54) is 0 Å². The van der Waals surface area contributed by atoms with Gasteiger partial charge in [0.15, 0.2) is 0 Å². The second-order valence-electron chi connectivity index (χ2n) is 2.95. The highest BCUT2D eigenvalue weighted by Gasteiger charge is 2.10. The van der Waals surface area contributed by atoms with Gasteiger partial charge in [-0.2, -0.15) is 0 Å². The summed E-state index contributed by atoms with van der Waals surface area (Å²) in [5.41, 5.74) is 7.94. The smallest absolute Gasteiger partial charge is 0.117 e. The van der Waals surface area contributed by atoms with Crippen molar-refractivity contribution in [2.24, 2.45) is 4.78 Å². The molecule has 0 N–H and O–H groups in total. The van der Waals surface area contributed by atoms with Crippen LogP contribution in [0.2, 0.25) is 19.6 Å². The van der Waals surface area contributed by atoms with E-state index in [1.54, 1.807) is 0 Å². The Kier molecular flexibility index (Phi) is 2.82. The topological polar surface area (TPSA) is 48.8 Å². The van der Waals surface area contributed by atoms with Crippen LogP contribution in [-0.2, 0) is 0 Å². The van der Waals surface area contributed by atoms with E-state index >= 15 is 0 Å². The van der Waals surface area contributed by atoms with Crippen molar-refractivity contribution >= 4 is 16.8 Å². The molecule has 0 aromatic heterocycles. The van der Waals surface area contributed by atoms with Gasteiger partial charge in [-0.05, 0) is 10.4 Å². The van der Waals surface area contributed by atoms with Crippen molar-refractivity contribution in [2.75, 3.05) is 0 Å². The average Bonchev–Trinajstić information content (AvgIpc) is 1.59. The summed E-state index contributed by atoms with van der Waals surface area (Å²) in [4.78, 5) is 2.74. The summed E-state index contributed by atoms with van der Waals surface area (Å²) in [6.45, 7) is 6.69. The highest BCUT2D eigenvalue weighted by molar-refractivity contribution is 7.22. The van der Waals surface area contributed by atoms with E-state index in [0.717, 1.165) is 0 Å². The van der Waals surface area contributed by atoms with Gasteiger partial charge in [-0.3, -0.25) is 0 Å². The number of azide groups is 1. The lowest BCUT2D eigenvalue weighted by Crippen LogP contribution is -2.27. The minimum Gasteiger partial charge on any atom is -0.135 e. The van der Waals surface area contributed by atoms with Crippen molar-refractivity contribution in [3.63, 3.8) is 0 Å². The molecule has 0 fully saturated rings. The maximum atomic E-state index is 7.94. The van der Waals surface area contributed by atoms with Crippen LogP contribution in [0.3, 0.4) is 0 Å². The molecule has 0 saturated heterocycles. The van der Waals surface area contributed by atoms with E-state index in [1.807, 2.05) is 0 Å². The molecule has 0 aliphatic heterocycles. The fourth-order valence-electron chi connectivity index (χ4n) is 0.244. The summed E-state index contributed by atoms with van der Waals surface area (Å²) >= 11 is 0. The minimum absolute atomic E-state index is 0.403. The highest BCUT2D eigenvalue weighted by atomic mass is 29.2. The van der Waals surface area contributed by atoms with Crippen LogP contribution in [0.4, 0.5) is 0 Å². The Balaban J connectivity index is 3.55. The molecular formula is C3H11N3Si2. The van der Waals surface area contributed by atoms with Gasteiger partial charge in [0, 0.05) is 7.59 Å². The van der Waals surface area contributed by atoms with E-state index in [9.17, 15) is 0 Å². The number of hydrogen-bond acceptors (Lipinski definition) is 1. The van der Waals surface area contributed by atoms with Gasteiger partial charge >= 0.3 is 0 Å². The molecule has 5 heteroatoms. The molecule has 0 aliphatic carbocycles. The zero-order valence-electron chi connectivity index (χ0n) is 5.55. The van der Waals surface area contributed by atoms with E-state index in [4.69, 9.17) is 5.53 Å². The Morgan fingerprint density at radius 2 is 2.00 bits per heavy atom. The lowest BCUT2D eigenvalue weighted by atomic mass is 11.8. The van der Waals surface area contributed by atoms with Gasteiger partial charge < -0.3 is 0 Å². The molecule has 46 valence electrons. The van der Waals surface area contributed by atoms with Gasteiger partial charge in [0.1, 0.15) is 9.20 Å². The fraction of sp³-hybridized carbons (Fsp3) is 1.00. The van der Waals surface area contributed by atoms with Gasteiger partial charge in [-0.1, -0.05) is 19.6 Å². The molecule has 3 nitrogen and oxygen atoms in total. The number of hydrogen-bond donors (Lipinski definition) is 0. The standard InChI is InChI=1S/C3H11N3Si2/c1-8(2,3)7-6-5-4/h7H2,1-3H3. The van der Waals surface area contributed by atoms with E-state index in [0.29, 0.717) is 0 Å². The Labute approximate surface area is 52.4 Å². The molecule has 0 heterocycles. The van der Waals surface area contributed by atoms with Crippen molar-refractivity contribution in [2.45, 2.75) is 19.6 Å². The molecule has 0 rings (SSSR count). The second kappa shape index (κ2) is 2.91. The highest BCUT2D eigenvalue weighted by Crippen LogP contribution is 1.96. The molecule has 0 aliphatic rings. The Bertz CT molecular complexity index is 110. The summed E-state index contributed by atoms with van der Waals surface area (Å²) in [5, 5.41) is 0. The molecule has 0 saturated carbocycles. The molecule has 0 unspecified atom stereocenters. The van der Waals surface area contributed by atoms with Crippen molar-refractivity contribution in [1.29, 1.82) is 0 Å². The van der Waals surface area contributed by atoms with Crippen molar-refractivity contribution in [3.8, 4) is 0 Å².